The lowest BCUT2D eigenvalue weighted by atomic mass is 9.48. The molecule has 4 fully saturated rings. The summed E-state index contributed by atoms with van der Waals surface area (Å²) in [4.78, 5) is 0. The normalized spacial score (nSPS) is 37.3. The summed E-state index contributed by atoms with van der Waals surface area (Å²) in [5.74, 6) is 3.07. The molecule has 4 saturated carbocycles. The van der Waals surface area contributed by atoms with E-state index in [4.69, 9.17) is 0 Å². The summed E-state index contributed by atoms with van der Waals surface area (Å²) in [7, 11) is 0. The second-order valence-corrected chi connectivity index (χ2v) is 8.82. The van der Waals surface area contributed by atoms with Crippen LogP contribution in [0.15, 0.2) is 40.9 Å². The van der Waals surface area contributed by atoms with E-state index < -0.39 is 0 Å². The van der Waals surface area contributed by atoms with E-state index in [1.807, 2.05) is 0 Å². The SMILES string of the molecule is Brc1ccc2cc(C34CC5CC(CC(C5)C3)C4)ccc2c1. The van der Waals surface area contributed by atoms with Crippen LogP contribution in [-0.4, -0.2) is 0 Å². The molecule has 0 unspecified atom stereocenters. The van der Waals surface area contributed by atoms with E-state index in [0.29, 0.717) is 5.41 Å². The first-order chi connectivity index (χ1) is 10.2. The first-order valence-electron chi connectivity index (χ1n) is 8.40. The lowest BCUT2D eigenvalue weighted by Crippen LogP contribution is -2.48. The monoisotopic (exact) mass is 340 g/mol. The van der Waals surface area contributed by atoms with E-state index in [1.54, 1.807) is 5.56 Å². The van der Waals surface area contributed by atoms with Gasteiger partial charge in [0.2, 0.25) is 0 Å². The van der Waals surface area contributed by atoms with E-state index in [1.165, 1.54) is 53.8 Å². The van der Waals surface area contributed by atoms with Crippen LogP contribution in [0.25, 0.3) is 10.8 Å². The molecule has 4 aliphatic rings. The van der Waals surface area contributed by atoms with Crippen LogP contribution in [0.1, 0.15) is 44.1 Å². The van der Waals surface area contributed by atoms with Gasteiger partial charge in [-0.2, -0.15) is 0 Å². The molecule has 0 spiro atoms. The lowest BCUT2D eigenvalue weighted by molar-refractivity contribution is -0.00512. The van der Waals surface area contributed by atoms with Crippen LogP contribution in [0, 0.1) is 17.8 Å². The number of benzene rings is 2. The van der Waals surface area contributed by atoms with E-state index in [9.17, 15) is 0 Å². The lowest BCUT2D eigenvalue weighted by Gasteiger charge is -2.57. The summed E-state index contributed by atoms with van der Waals surface area (Å²) in [6.07, 6.45) is 8.96. The molecule has 0 aliphatic heterocycles. The fraction of sp³-hybridized carbons (Fsp3) is 0.500. The van der Waals surface area contributed by atoms with E-state index in [2.05, 4.69) is 52.3 Å². The fourth-order valence-electron chi connectivity index (χ4n) is 6.01. The molecule has 4 aliphatic carbocycles. The summed E-state index contributed by atoms with van der Waals surface area (Å²) in [5.41, 5.74) is 2.16. The molecule has 1 heteroatoms. The Bertz CT molecular complexity index is 680. The van der Waals surface area contributed by atoms with Crippen molar-refractivity contribution in [2.75, 3.05) is 0 Å². The molecule has 21 heavy (non-hydrogen) atoms. The van der Waals surface area contributed by atoms with Gasteiger partial charge in [0.25, 0.3) is 0 Å². The summed E-state index contributed by atoms with van der Waals surface area (Å²) in [6, 6.07) is 13.9. The van der Waals surface area contributed by atoms with Crippen molar-refractivity contribution in [3.63, 3.8) is 0 Å². The first kappa shape index (κ1) is 12.7. The van der Waals surface area contributed by atoms with Crippen molar-refractivity contribution in [1.82, 2.24) is 0 Å². The number of fused-ring (bicyclic) bond motifs is 1. The zero-order valence-corrected chi connectivity index (χ0v) is 13.9. The minimum Gasteiger partial charge on any atom is -0.0578 e. The van der Waals surface area contributed by atoms with Gasteiger partial charge in [0.15, 0.2) is 0 Å². The molecule has 0 nitrogen and oxygen atoms in total. The number of hydrogen-bond donors (Lipinski definition) is 0. The Labute approximate surface area is 135 Å². The van der Waals surface area contributed by atoms with E-state index >= 15 is 0 Å². The van der Waals surface area contributed by atoms with Gasteiger partial charge >= 0.3 is 0 Å². The minimum atomic E-state index is 0.524. The fourth-order valence-corrected chi connectivity index (χ4v) is 6.39. The van der Waals surface area contributed by atoms with Crippen LogP contribution in [-0.2, 0) is 5.41 Å². The van der Waals surface area contributed by atoms with Gasteiger partial charge in [-0.05, 0) is 90.2 Å². The Morgan fingerprint density at radius 3 is 2.00 bits per heavy atom. The van der Waals surface area contributed by atoms with Crippen LogP contribution in [0.4, 0.5) is 0 Å². The highest BCUT2D eigenvalue weighted by molar-refractivity contribution is 9.10. The molecule has 0 amide bonds. The summed E-state index contributed by atoms with van der Waals surface area (Å²) >= 11 is 3.58. The van der Waals surface area contributed by atoms with Gasteiger partial charge in [0, 0.05) is 4.47 Å². The quantitative estimate of drug-likeness (QED) is 0.590. The molecule has 2 aromatic rings. The first-order valence-corrected chi connectivity index (χ1v) is 9.19. The Hall–Kier alpha value is -0.820. The molecule has 0 heterocycles. The topological polar surface area (TPSA) is 0 Å². The van der Waals surface area contributed by atoms with Gasteiger partial charge in [-0.25, -0.2) is 0 Å². The molecule has 6 rings (SSSR count). The van der Waals surface area contributed by atoms with Crippen molar-refractivity contribution < 1.29 is 0 Å². The van der Waals surface area contributed by atoms with Gasteiger partial charge < -0.3 is 0 Å². The molecule has 0 atom stereocenters. The predicted molar refractivity (Wildman–Crippen MR) is 91.5 cm³/mol. The summed E-state index contributed by atoms with van der Waals surface area (Å²) in [5, 5.41) is 2.77. The third-order valence-electron chi connectivity index (χ3n) is 6.45. The third kappa shape index (κ3) is 1.93. The maximum atomic E-state index is 3.58. The van der Waals surface area contributed by atoms with Gasteiger partial charge in [-0.15, -0.1) is 0 Å². The number of rotatable bonds is 1. The second kappa shape index (κ2) is 4.35. The zero-order chi connectivity index (χ0) is 14.0. The number of hydrogen-bond acceptors (Lipinski definition) is 0. The highest BCUT2D eigenvalue weighted by Crippen LogP contribution is 2.60. The van der Waals surface area contributed by atoms with Gasteiger partial charge in [-0.1, -0.05) is 40.2 Å². The molecular weight excluding hydrogens is 320 g/mol. The van der Waals surface area contributed by atoms with Crippen molar-refractivity contribution in [2.45, 2.75) is 43.9 Å². The maximum Gasteiger partial charge on any atom is 0.0181 e. The van der Waals surface area contributed by atoms with Crippen molar-refractivity contribution in [3.8, 4) is 0 Å². The van der Waals surface area contributed by atoms with Crippen LogP contribution in [0.3, 0.4) is 0 Å². The van der Waals surface area contributed by atoms with Crippen LogP contribution >= 0.6 is 15.9 Å². The van der Waals surface area contributed by atoms with Crippen molar-refractivity contribution in [2.24, 2.45) is 17.8 Å². The summed E-state index contributed by atoms with van der Waals surface area (Å²) in [6.45, 7) is 0. The third-order valence-corrected chi connectivity index (χ3v) is 6.95. The second-order valence-electron chi connectivity index (χ2n) is 7.90. The average molecular weight is 341 g/mol. The number of halogens is 1. The molecule has 0 radical (unpaired) electrons. The molecule has 4 bridgehead atoms. The van der Waals surface area contributed by atoms with E-state index in [0.717, 1.165) is 17.8 Å². The largest absolute Gasteiger partial charge is 0.0578 e. The maximum absolute atomic E-state index is 3.58. The molecule has 0 N–H and O–H groups in total. The summed E-state index contributed by atoms with van der Waals surface area (Å²) < 4.78 is 1.18. The van der Waals surface area contributed by atoms with E-state index in [-0.39, 0.29) is 0 Å². The highest BCUT2D eigenvalue weighted by atomic mass is 79.9. The minimum absolute atomic E-state index is 0.524. The Morgan fingerprint density at radius 2 is 1.33 bits per heavy atom. The predicted octanol–water partition coefficient (Wildman–Crippen LogP) is 6.07. The average Bonchev–Trinajstić information content (AvgIpc) is 2.45. The van der Waals surface area contributed by atoms with Crippen LogP contribution in [0.5, 0.6) is 0 Å². The molecular formula is C20H21Br. The van der Waals surface area contributed by atoms with Gasteiger partial charge in [0.1, 0.15) is 0 Å². The standard InChI is InChI=1S/C20H21Br/c21-19-4-2-16-8-18(3-1-17(16)9-19)20-10-13-5-14(11-20)7-15(6-13)12-20/h1-4,8-9,13-15H,5-7,10-12H2. The van der Waals surface area contributed by atoms with Crippen LogP contribution < -0.4 is 0 Å². The van der Waals surface area contributed by atoms with Crippen molar-refractivity contribution >= 4 is 26.7 Å². The van der Waals surface area contributed by atoms with Gasteiger partial charge in [0.05, 0.1) is 0 Å². The van der Waals surface area contributed by atoms with Crippen molar-refractivity contribution in [1.29, 1.82) is 0 Å². The molecule has 2 aromatic carbocycles. The molecule has 108 valence electrons. The Kier molecular flexibility index (Phi) is 2.63. The molecule has 0 saturated heterocycles. The smallest absolute Gasteiger partial charge is 0.0181 e. The highest BCUT2D eigenvalue weighted by Gasteiger charge is 2.51. The molecule has 0 aromatic heterocycles. The Morgan fingerprint density at radius 1 is 0.762 bits per heavy atom. The van der Waals surface area contributed by atoms with Gasteiger partial charge in [-0.3, -0.25) is 0 Å². The Balaban J connectivity index is 1.62. The van der Waals surface area contributed by atoms with Crippen LogP contribution in [0.2, 0.25) is 0 Å². The van der Waals surface area contributed by atoms with Crippen molar-refractivity contribution in [3.05, 3.63) is 46.4 Å². The zero-order valence-electron chi connectivity index (χ0n) is 12.3.